The minimum Gasteiger partial charge on any atom is -0.481 e. The predicted octanol–water partition coefficient (Wildman–Crippen LogP) is 3.97. The van der Waals surface area contributed by atoms with Gasteiger partial charge in [0.15, 0.2) is 6.10 Å². The van der Waals surface area contributed by atoms with Gasteiger partial charge in [-0.3, -0.25) is 4.79 Å². The van der Waals surface area contributed by atoms with Crippen molar-refractivity contribution in [2.75, 3.05) is 18.4 Å². The SMILES string of the molecule is CC[C@H](Oc1ccccc1)C(=O)Nc1cc(S(=O)(=O)N2CCCCC2)ccc1C. The highest BCUT2D eigenvalue weighted by Crippen LogP contribution is 2.25. The second-order valence-electron chi connectivity index (χ2n) is 7.26. The number of para-hydroxylation sites is 1. The number of amides is 1. The van der Waals surface area contributed by atoms with E-state index in [1.54, 1.807) is 30.3 Å². The summed E-state index contributed by atoms with van der Waals surface area (Å²) in [6, 6.07) is 14.0. The molecule has 1 aliphatic heterocycles. The first-order chi connectivity index (χ1) is 13.9. The second-order valence-corrected chi connectivity index (χ2v) is 9.20. The van der Waals surface area contributed by atoms with Crippen molar-refractivity contribution in [3.05, 3.63) is 54.1 Å². The van der Waals surface area contributed by atoms with Crippen molar-refractivity contribution in [1.82, 2.24) is 4.31 Å². The van der Waals surface area contributed by atoms with Crippen LogP contribution in [0.15, 0.2) is 53.4 Å². The molecule has 1 amide bonds. The first-order valence-corrected chi connectivity index (χ1v) is 11.5. The maximum absolute atomic E-state index is 13.0. The van der Waals surface area contributed by atoms with Crippen LogP contribution in [-0.4, -0.2) is 37.8 Å². The van der Waals surface area contributed by atoms with Crippen LogP contribution in [0.5, 0.6) is 5.75 Å². The summed E-state index contributed by atoms with van der Waals surface area (Å²) < 4.78 is 33.2. The van der Waals surface area contributed by atoms with Crippen LogP contribution in [0.4, 0.5) is 5.69 Å². The molecular weight excluding hydrogens is 388 g/mol. The van der Waals surface area contributed by atoms with Gasteiger partial charge in [-0.15, -0.1) is 0 Å². The molecule has 0 aromatic heterocycles. The average Bonchev–Trinajstić information content (AvgIpc) is 2.74. The fraction of sp³-hybridized carbons (Fsp3) is 0.409. The highest BCUT2D eigenvalue weighted by atomic mass is 32.2. The lowest BCUT2D eigenvalue weighted by Gasteiger charge is -2.26. The Kier molecular flexibility index (Phi) is 6.92. The monoisotopic (exact) mass is 416 g/mol. The molecule has 2 aromatic rings. The van der Waals surface area contributed by atoms with Crippen LogP contribution in [0, 0.1) is 6.92 Å². The van der Waals surface area contributed by atoms with Crippen molar-refractivity contribution in [2.45, 2.75) is 50.5 Å². The number of sulfonamides is 1. The third kappa shape index (κ3) is 5.16. The molecule has 1 saturated heterocycles. The second kappa shape index (κ2) is 9.41. The summed E-state index contributed by atoms with van der Waals surface area (Å²) in [4.78, 5) is 13.0. The third-order valence-corrected chi connectivity index (χ3v) is 7.00. The van der Waals surface area contributed by atoms with Crippen molar-refractivity contribution >= 4 is 21.6 Å². The molecule has 156 valence electrons. The van der Waals surface area contributed by atoms with Crippen LogP contribution in [-0.2, 0) is 14.8 Å². The van der Waals surface area contributed by atoms with Crippen LogP contribution >= 0.6 is 0 Å². The van der Waals surface area contributed by atoms with Crippen LogP contribution in [0.25, 0.3) is 0 Å². The zero-order chi connectivity index (χ0) is 20.9. The van der Waals surface area contributed by atoms with E-state index >= 15 is 0 Å². The molecule has 0 bridgehead atoms. The van der Waals surface area contributed by atoms with Crippen molar-refractivity contribution in [1.29, 1.82) is 0 Å². The lowest BCUT2D eigenvalue weighted by Crippen LogP contribution is -2.36. The molecule has 0 unspecified atom stereocenters. The lowest BCUT2D eigenvalue weighted by molar-refractivity contribution is -0.122. The fourth-order valence-electron chi connectivity index (χ4n) is 3.35. The number of benzene rings is 2. The molecule has 0 saturated carbocycles. The Bertz CT molecular complexity index is 939. The van der Waals surface area contributed by atoms with Crippen molar-refractivity contribution < 1.29 is 17.9 Å². The van der Waals surface area contributed by atoms with Crippen molar-refractivity contribution in [3.63, 3.8) is 0 Å². The highest BCUT2D eigenvalue weighted by Gasteiger charge is 2.27. The number of carbonyl (C=O) groups is 1. The van der Waals surface area contributed by atoms with Gasteiger partial charge in [-0.25, -0.2) is 8.42 Å². The van der Waals surface area contributed by atoms with Gasteiger partial charge in [0.05, 0.1) is 4.90 Å². The van der Waals surface area contributed by atoms with Gasteiger partial charge in [-0.05, 0) is 56.0 Å². The number of aryl methyl sites for hydroxylation is 1. The Morgan fingerprint density at radius 3 is 2.45 bits per heavy atom. The Morgan fingerprint density at radius 1 is 1.10 bits per heavy atom. The van der Waals surface area contributed by atoms with E-state index in [0.717, 1.165) is 24.8 Å². The number of carbonyl (C=O) groups excluding carboxylic acids is 1. The van der Waals surface area contributed by atoms with Gasteiger partial charge in [0.1, 0.15) is 5.75 Å². The van der Waals surface area contributed by atoms with E-state index in [2.05, 4.69) is 5.32 Å². The predicted molar refractivity (Wildman–Crippen MR) is 114 cm³/mol. The van der Waals surface area contributed by atoms with Crippen LogP contribution in [0.1, 0.15) is 38.2 Å². The summed E-state index contributed by atoms with van der Waals surface area (Å²) in [7, 11) is -3.56. The smallest absolute Gasteiger partial charge is 0.265 e. The molecule has 2 aromatic carbocycles. The molecule has 1 N–H and O–H groups in total. The maximum atomic E-state index is 13.0. The van der Waals surface area contributed by atoms with E-state index in [-0.39, 0.29) is 10.8 Å². The van der Waals surface area contributed by atoms with Crippen LogP contribution < -0.4 is 10.1 Å². The molecule has 0 spiro atoms. The topological polar surface area (TPSA) is 75.7 Å². The zero-order valence-electron chi connectivity index (χ0n) is 16.9. The van der Waals surface area contributed by atoms with E-state index in [0.29, 0.717) is 30.9 Å². The fourth-order valence-corrected chi connectivity index (χ4v) is 4.89. The number of rotatable bonds is 7. The molecule has 0 aliphatic carbocycles. The summed E-state index contributed by atoms with van der Waals surface area (Å²) in [6.45, 7) is 4.80. The lowest BCUT2D eigenvalue weighted by atomic mass is 10.2. The van der Waals surface area contributed by atoms with Gasteiger partial charge in [0, 0.05) is 18.8 Å². The molecule has 7 heteroatoms. The molecule has 1 fully saturated rings. The highest BCUT2D eigenvalue weighted by molar-refractivity contribution is 7.89. The molecule has 1 atom stereocenters. The largest absolute Gasteiger partial charge is 0.481 e. The summed E-state index contributed by atoms with van der Waals surface area (Å²) in [5.41, 5.74) is 1.29. The minimum atomic E-state index is -3.56. The summed E-state index contributed by atoms with van der Waals surface area (Å²) in [5.74, 6) is 0.319. The van der Waals surface area contributed by atoms with E-state index in [9.17, 15) is 13.2 Å². The minimum absolute atomic E-state index is 0.206. The Labute approximate surface area is 172 Å². The number of piperidine rings is 1. The number of anilines is 1. The van der Waals surface area contributed by atoms with Gasteiger partial charge in [0.2, 0.25) is 10.0 Å². The number of hydrogen-bond acceptors (Lipinski definition) is 4. The van der Waals surface area contributed by atoms with Crippen LogP contribution in [0.3, 0.4) is 0 Å². The standard InChI is InChI=1S/C22H28N2O4S/c1-3-21(28-18-10-6-4-7-11-18)22(25)23-20-16-19(13-12-17(20)2)29(26,27)24-14-8-5-9-15-24/h4,6-7,10-13,16,21H,3,5,8-9,14-15H2,1-2H3,(H,23,25)/t21-/m0/s1. The van der Waals surface area contributed by atoms with Gasteiger partial charge in [0.25, 0.3) is 5.91 Å². The van der Waals surface area contributed by atoms with Crippen LogP contribution in [0.2, 0.25) is 0 Å². The molecule has 6 nitrogen and oxygen atoms in total. The first-order valence-electron chi connectivity index (χ1n) is 10.0. The molecule has 1 aliphatic rings. The third-order valence-electron chi connectivity index (χ3n) is 5.10. The zero-order valence-corrected chi connectivity index (χ0v) is 17.7. The maximum Gasteiger partial charge on any atom is 0.265 e. The van der Waals surface area contributed by atoms with Gasteiger partial charge < -0.3 is 10.1 Å². The number of nitrogens with zero attached hydrogens (tertiary/aromatic N) is 1. The van der Waals surface area contributed by atoms with Crippen molar-refractivity contribution in [2.24, 2.45) is 0 Å². The number of hydrogen-bond donors (Lipinski definition) is 1. The molecule has 1 heterocycles. The molecule has 3 rings (SSSR count). The molecule has 0 radical (unpaired) electrons. The van der Waals surface area contributed by atoms with Gasteiger partial charge >= 0.3 is 0 Å². The quantitative estimate of drug-likeness (QED) is 0.741. The first kappa shape index (κ1) is 21.3. The van der Waals surface area contributed by atoms with E-state index in [1.165, 1.54) is 4.31 Å². The summed E-state index contributed by atoms with van der Waals surface area (Å²) >= 11 is 0. The Morgan fingerprint density at radius 2 is 1.79 bits per heavy atom. The molecular formula is C22H28N2O4S. The van der Waals surface area contributed by atoms with Crippen molar-refractivity contribution in [3.8, 4) is 5.75 Å². The summed E-state index contributed by atoms with van der Waals surface area (Å²) in [5, 5.41) is 2.85. The molecule has 29 heavy (non-hydrogen) atoms. The van der Waals surface area contributed by atoms with Gasteiger partial charge in [-0.1, -0.05) is 37.6 Å². The Balaban J connectivity index is 1.77. The number of nitrogens with one attached hydrogen (secondary N) is 1. The Hall–Kier alpha value is -2.38. The normalized spacial score (nSPS) is 16.2. The van der Waals surface area contributed by atoms with E-state index in [1.807, 2.05) is 32.0 Å². The average molecular weight is 417 g/mol. The van der Waals surface area contributed by atoms with Gasteiger partial charge in [-0.2, -0.15) is 4.31 Å². The van der Waals surface area contributed by atoms with E-state index < -0.39 is 16.1 Å². The summed E-state index contributed by atoms with van der Waals surface area (Å²) in [6.07, 6.45) is 2.64. The number of ether oxygens (including phenoxy) is 1. The van der Waals surface area contributed by atoms with E-state index in [4.69, 9.17) is 4.74 Å².